The molecule has 0 unspecified atom stereocenters. The molecule has 2 heterocycles. The number of dihydropyridines is 1. The quantitative estimate of drug-likeness (QED) is 0.404. The van der Waals surface area contributed by atoms with Gasteiger partial charge >= 0.3 is 0 Å². The van der Waals surface area contributed by atoms with Gasteiger partial charge in [0.1, 0.15) is 5.82 Å². The van der Waals surface area contributed by atoms with Crippen molar-refractivity contribution in [1.29, 1.82) is 0 Å². The highest BCUT2D eigenvalue weighted by Crippen LogP contribution is 2.47. The average Bonchev–Trinajstić information content (AvgIpc) is 2.83. The third-order valence-electron chi connectivity index (χ3n) is 6.75. The number of ketones is 1. The second-order valence-corrected chi connectivity index (χ2v) is 10.1. The van der Waals surface area contributed by atoms with Crippen LogP contribution in [-0.2, 0) is 9.59 Å². The Balaban J connectivity index is 1.59. The van der Waals surface area contributed by atoms with Crippen molar-refractivity contribution >= 4 is 40.7 Å². The van der Waals surface area contributed by atoms with Gasteiger partial charge in [-0.05, 0) is 61.6 Å². The molecule has 1 aliphatic carbocycles. The van der Waals surface area contributed by atoms with Crippen molar-refractivity contribution < 1.29 is 9.59 Å². The van der Waals surface area contributed by atoms with E-state index in [-0.39, 0.29) is 17.6 Å². The van der Waals surface area contributed by atoms with Gasteiger partial charge in [0.05, 0.1) is 0 Å². The van der Waals surface area contributed by atoms with Crippen LogP contribution in [0.4, 0.5) is 5.82 Å². The van der Waals surface area contributed by atoms with E-state index in [1.807, 2.05) is 44.2 Å². The van der Waals surface area contributed by atoms with Crippen LogP contribution in [0.3, 0.4) is 0 Å². The molecule has 0 saturated heterocycles. The SMILES string of the molecule is CC1=C(C(=O)Nc2cccc(C)n2)[C@@H](c2ccc(Cl)cc2Cl)C2=C(C[C@@H](c3ccccc3)CC2=O)N1. The van der Waals surface area contributed by atoms with Crippen molar-refractivity contribution in [3.8, 4) is 0 Å². The first kappa shape index (κ1) is 24.3. The van der Waals surface area contributed by atoms with Gasteiger partial charge in [-0.3, -0.25) is 9.59 Å². The average molecular weight is 518 g/mol. The summed E-state index contributed by atoms with van der Waals surface area (Å²) in [6.07, 6.45) is 1.03. The highest BCUT2D eigenvalue weighted by molar-refractivity contribution is 6.35. The Morgan fingerprint density at radius 3 is 2.50 bits per heavy atom. The molecule has 5 rings (SSSR count). The summed E-state index contributed by atoms with van der Waals surface area (Å²) in [4.78, 5) is 31.8. The number of pyridine rings is 1. The summed E-state index contributed by atoms with van der Waals surface area (Å²) >= 11 is 12.8. The molecule has 0 bridgehead atoms. The van der Waals surface area contributed by atoms with Crippen molar-refractivity contribution in [2.75, 3.05) is 5.32 Å². The van der Waals surface area contributed by atoms with Gasteiger partial charge < -0.3 is 10.6 Å². The summed E-state index contributed by atoms with van der Waals surface area (Å²) in [6, 6.07) is 20.7. The topological polar surface area (TPSA) is 71.1 Å². The number of aromatic nitrogens is 1. The molecular weight excluding hydrogens is 493 g/mol. The Bertz CT molecular complexity index is 1430. The van der Waals surface area contributed by atoms with E-state index in [2.05, 4.69) is 27.8 Å². The molecule has 3 aromatic rings. The molecular formula is C29H25Cl2N3O2. The number of carbonyl (C=O) groups is 2. The maximum Gasteiger partial charge on any atom is 0.255 e. The van der Waals surface area contributed by atoms with Gasteiger partial charge in [0.25, 0.3) is 5.91 Å². The fraction of sp³-hybridized carbons (Fsp3) is 0.207. The van der Waals surface area contributed by atoms with Crippen LogP contribution in [0.15, 0.2) is 89.3 Å². The van der Waals surface area contributed by atoms with E-state index in [9.17, 15) is 9.59 Å². The number of aryl methyl sites for hydroxylation is 1. The molecule has 0 fully saturated rings. The molecule has 0 radical (unpaired) electrons. The first-order valence-corrected chi connectivity index (χ1v) is 12.6. The minimum atomic E-state index is -0.625. The summed E-state index contributed by atoms with van der Waals surface area (Å²) in [7, 11) is 0. The fourth-order valence-corrected chi connectivity index (χ4v) is 5.66. The molecule has 2 atom stereocenters. The van der Waals surface area contributed by atoms with E-state index in [4.69, 9.17) is 23.2 Å². The first-order valence-electron chi connectivity index (χ1n) is 11.8. The Hall–Kier alpha value is -3.41. The van der Waals surface area contributed by atoms with E-state index >= 15 is 0 Å². The zero-order valence-corrected chi connectivity index (χ0v) is 21.5. The highest BCUT2D eigenvalue weighted by atomic mass is 35.5. The van der Waals surface area contributed by atoms with Crippen LogP contribution < -0.4 is 10.6 Å². The number of nitrogens with zero attached hydrogens (tertiary/aromatic N) is 1. The second kappa shape index (κ2) is 9.92. The molecule has 2 aromatic carbocycles. The number of halogens is 2. The molecule has 1 aliphatic heterocycles. The lowest BCUT2D eigenvalue weighted by atomic mass is 9.71. The molecule has 1 amide bonds. The minimum Gasteiger partial charge on any atom is -0.362 e. The largest absolute Gasteiger partial charge is 0.362 e. The Morgan fingerprint density at radius 2 is 1.78 bits per heavy atom. The predicted octanol–water partition coefficient (Wildman–Crippen LogP) is 6.70. The van der Waals surface area contributed by atoms with Crippen LogP contribution >= 0.6 is 23.2 Å². The van der Waals surface area contributed by atoms with Crippen molar-refractivity contribution in [1.82, 2.24) is 10.3 Å². The number of nitrogens with one attached hydrogen (secondary N) is 2. The smallest absolute Gasteiger partial charge is 0.255 e. The van der Waals surface area contributed by atoms with Crippen molar-refractivity contribution in [3.05, 3.63) is 116 Å². The summed E-state index contributed by atoms with van der Waals surface area (Å²) in [5.41, 5.74) is 5.11. The monoisotopic (exact) mass is 517 g/mol. The number of hydrogen-bond acceptors (Lipinski definition) is 4. The third-order valence-corrected chi connectivity index (χ3v) is 7.31. The Labute approximate surface area is 220 Å². The van der Waals surface area contributed by atoms with E-state index in [0.717, 1.165) is 17.0 Å². The molecule has 0 saturated carbocycles. The molecule has 0 spiro atoms. The molecule has 36 heavy (non-hydrogen) atoms. The van der Waals surface area contributed by atoms with E-state index in [0.29, 0.717) is 51.1 Å². The molecule has 1 aromatic heterocycles. The molecule has 2 aliphatic rings. The fourth-order valence-electron chi connectivity index (χ4n) is 5.14. The van der Waals surface area contributed by atoms with Gasteiger partial charge in [-0.1, -0.05) is 65.7 Å². The van der Waals surface area contributed by atoms with Gasteiger partial charge in [-0.2, -0.15) is 0 Å². The number of Topliss-reactive ketones (excluding diaryl/α,β-unsaturated/α-hetero) is 1. The van der Waals surface area contributed by atoms with Gasteiger partial charge in [0.15, 0.2) is 5.78 Å². The van der Waals surface area contributed by atoms with Crippen molar-refractivity contribution in [3.63, 3.8) is 0 Å². The zero-order chi connectivity index (χ0) is 25.4. The van der Waals surface area contributed by atoms with Crippen LogP contribution in [0.25, 0.3) is 0 Å². The van der Waals surface area contributed by atoms with Gasteiger partial charge in [0, 0.05) is 50.6 Å². The number of hydrogen-bond donors (Lipinski definition) is 2. The lowest BCUT2D eigenvalue weighted by Crippen LogP contribution is -2.37. The number of rotatable bonds is 4. The lowest BCUT2D eigenvalue weighted by Gasteiger charge is -2.37. The Kier molecular flexibility index (Phi) is 6.69. The lowest BCUT2D eigenvalue weighted by molar-refractivity contribution is -0.116. The van der Waals surface area contributed by atoms with Crippen LogP contribution in [-0.4, -0.2) is 16.7 Å². The highest BCUT2D eigenvalue weighted by Gasteiger charge is 2.41. The maximum atomic E-state index is 13.7. The van der Waals surface area contributed by atoms with Gasteiger partial charge in [-0.25, -0.2) is 4.98 Å². The third kappa shape index (κ3) is 4.69. The molecule has 2 N–H and O–H groups in total. The van der Waals surface area contributed by atoms with Crippen molar-refractivity contribution in [2.24, 2.45) is 0 Å². The normalized spacial score (nSPS) is 19.6. The molecule has 5 nitrogen and oxygen atoms in total. The summed E-state index contributed by atoms with van der Waals surface area (Å²) < 4.78 is 0. The first-order chi connectivity index (χ1) is 17.3. The Morgan fingerprint density at radius 1 is 1.00 bits per heavy atom. The van der Waals surface area contributed by atoms with Crippen LogP contribution in [0.1, 0.15) is 48.4 Å². The summed E-state index contributed by atoms with van der Waals surface area (Å²) in [5.74, 6) is -0.454. The maximum absolute atomic E-state index is 13.7. The number of anilines is 1. The van der Waals surface area contributed by atoms with E-state index in [1.54, 1.807) is 24.3 Å². The number of amides is 1. The molecule has 182 valence electrons. The van der Waals surface area contributed by atoms with Gasteiger partial charge in [0.2, 0.25) is 0 Å². The van der Waals surface area contributed by atoms with Crippen molar-refractivity contribution in [2.45, 2.75) is 38.5 Å². The summed E-state index contributed by atoms with van der Waals surface area (Å²) in [5, 5.41) is 7.20. The minimum absolute atomic E-state index is 0.0000929. The van der Waals surface area contributed by atoms with E-state index in [1.165, 1.54) is 0 Å². The zero-order valence-electron chi connectivity index (χ0n) is 19.9. The van der Waals surface area contributed by atoms with Crippen LogP contribution in [0, 0.1) is 6.92 Å². The van der Waals surface area contributed by atoms with E-state index < -0.39 is 5.92 Å². The van der Waals surface area contributed by atoms with Gasteiger partial charge in [-0.15, -0.1) is 0 Å². The van der Waals surface area contributed by atoms with Crippen LogP contribution in [0.2, 0.25) is 10.0 Å². The number of carbonyl (C=O) groups excluding carboxylic acids is 2. The standard InChI is InChI=1S/C29H25Cl2N3O2/c1-16-7-6-10-25(32-16)34-29(36)26-17(2)33-23-13-19(18-8-4-3-5-9-18)14-24(35)28(23)27(26)21-12-11-20(30)15-22(21)31/h3-12,15,19,27,33H,13-14H2,1-2H3,(H,32,34,36)/t19-,27-/m1/s1. The predicted molar refractivity (Wildman–Crippen MR) is 143 cm³/mol. The molecule has 7 heteroatoms. The number of benzene rings is 2. The second-order valence-electron chi connectivity index (χ2n) is 9.21. The number of allylic oxidation sites excluding steroid dienone is 3. The van der Waals surface area contributed by atoms with Crippen LogP contribution in [0.5, 0.6) is 0 Å². The summed E-state index contributed by atoms with van der Waals surface area (Å²) in [6.45, 7) is 3.72.